The van der Waals surface area contributed by atoms with Crippen LogP contribution in [-0.4, -0.2) is 16.1 Å². The quantitative estimate of drug-likeness (QED) is 0.849. The largest absolute Gasteiger partial charge is 0.311 e. The van der Waals surface area contributed by atoms with E-state index in [1.807, 2.05) is 38.1 Å². The van der Waals surface area contributed by atoms with E-state index in [1.165, 1.54) is 0 Å². The predicted octanol–water partition coefficient (Wildman–Crippen LogP) is 2.46. The van der Waals surface area contributed by atoms with Gasteiger partial charge in [0.2, 0.25) is 5.91 Å². The molecule has 0 aliphatic carbocycles. The van der Waals surface area contributed by atoms with Crippen LogP contribution in [0.2, 0.25) is 0 Å². The molecule has 1 aromatic carbocycles. The molecule has 1 atom stereocenters. The highest BCUT2D eigenvalue weighted by atomic mass is 16.1. The van der Waals surface area contributed by atoms with Crippen LogP contribution in [0.5, 0.6) is 0 Å². The molecule has 0 saturated carbocycles. The number of nitrogens with zero attached hydrogens (tertiary/aromatic N) is 1. The Balaban J connectivity index is 2.09. The van der Waals surface area contributed by atoms with E-state index in [4.69, 9.17) is 0 Å². The Labute approximate surface area is 100 Å². The number of rotatable bonds is 3. The molecule has 0 spiro atoms. The van der Waals surface area contributed by atoms with Gasteiger partial charge in [-0.3, -0.25) is 9.89 Å². The Hall–Kier alpha value is -2.10. The first-order valence-corrected chi connectivity index (χ1v) is 5.53. The van der Waals surface area contributed by atoms with E-state index in [0.29, 0.717) is 5.82 Å². The highest BCUT2D eigenvalue weighted by Gasteiger charge is 2.15. The number of nitrogens with one attached hydrogen (secondary N) is 2. The standard InChI is InChI=1S/C13H15N3O/c1-9-4-3-5-11(8-9)10(2)13(17)15-12-6-7-14-16-12/h3-8,10H,1-2H3,(H2,14,15,16,17). The SMILES string of the molecule is Cc1cccc(C(C)C(=O)Nc2ccn[nH]2)c1. The molecule has 1 heterocycles. The lowest BCUT2D eigenvalue weighted by Gasteiger charge is -2.11. The van der Waals surface area contributed by atoms with Gasteiger partial charge in [0.1, 0.15) is 5.82 Å². The average molecular weight is 229 g/mol. The fourth-order valence-corrected chi connectivity index (χ4v) is 1.66. The third-order valence-electron chi connectivity index (χ3n) is 2.69. The van der Waals surface area contributed by atoms with Crippen molar-refractivity contribution in [2.75, 3.05) is 5.32 Å². The number of hydrogen-bond acceptors (Lipinski definition) is 2. The molecule has 0 aliphatic rings. The summed E-state index contributed by atoms with van der Waals surface area (Å²) < 4.78 is 0. The van der Waals surface area contributed by atoms with Crippen molar-refractivity contribution >= 4 is 11.7 Å². The number of aromatic nitrogens is 2. The Morgan fingerprint density at radius 3 is 2.88 bits per heavy atom. The van der Waals surface area contributed by atoms with Crippen LogP contribution in [0.15, 0.2) is 36.5 Å². The maximum absolute atomic E-state index is 12.0. The molecule has 0 aliphatic heterocycles. The minimum absolute atomic E-state index is 0.0418. The van der Waals surface area contributed by atoms with Gasteiger partial charge in [0.15, 0.2) is 0 Å². The number of aromatic amines is 1. The van der Waals surface area contributed by atoms with Gasteiger partial charge in [0.25, 0.3) is 0 Å². The molecule has 2 aromatic rings. The summed E-state index contributed by atoms with van der Waals surface area (Å²) in [5.41, 5.74) is 2.17. The topological polar surface area (TPSA) is 57.8 Å². The molecule has 1 aromatic heterocycles. The zero-order chi connectivity index (χ0) is 12.3. The summed E-state index contributed by atoms with van der Waals surface area (Å²) in [6.07, 6.45) is 1.60. The number of benzene rings is 1. The molecule has 2 N–H and O–H groups in total. The van der Waals surface area contributed by atoms with Crippen molar-refractivity contribution in [3.8, 4) is 0 Å². The van der Waals surface area contributed by atoms with Crippen LogP contribution in [0.4, 0.5) is 5.82 Å². The predicted molar refractivity (Wildman–Crippen MR) is 66.8 cm³/mol. The smallest absolute Gasteiger partial charge is 0.232 e. The van der Waals surface area contributed by atoms with Crippen molar-refractivity contribution in [2.45, 2.75) is 19.8 Å². The van der Waals surface area contributed by atoms with Crippen molar-refractivity contribution < 1.29 is 4.79 Å². The number of hydrogen-bond donors (Lipinski definition) is 2. The van der Waals surface area contributed by atoms with Gasteiger partial charge in [-0.25, -0.2) is 0 Å². The first-order chi connectivity index (χ1) is 8.16. The molecule has 0 saturated heterocycles. The Kier molecular flexibility index (Phi) is 3.23. The molecule has 0 bridgehead atoms. The van der Waals surface area contributed by atoms with Gasteiger partial charge in [-0.1, -0.05) is 29.8 Å². The van der Waals surface area contributed by atoms with Gasteiger partial charge in [-0.05, 0) is 19.4 Å². The summed E-state index contributed by atoms with van der Waals surface area (Å²) in [5, 5.41) is 9.27. The number of carbonyl (C=O) groups excluding carboxylic acids is 1. The van der Waals surface area contributed by atoms with Crippen LogP contribution >= 0.6 is 0 Å². The molecule has 17 heavy (non-hydrogen) atoms. The van der Waals surface area contributed by atoms with Crippen LogP contribution in [0.3, 0.4) is 0 Å². The Morgan fingerprint density at radius 1 is 1.41 bits per heavy atom. The molecule has 2 rings (SSSR count). The van der Waals surface area contributed by atoms with Crippen LogP contribution in [0.1, 0.15) is 24.0 Å². The molecular weight excluding hydrogens is 214 g/mol. The maximum atomic E-state index is 12.0. The van der Waals surface area contributed by atoms with E-state index in [-0.39, 0.29) is 11.8 Å². The lowest BCUT2D eigenvalue weighted by Crippen LogP contribution is -2.19. The molecule has 0 fully saturated rings. The van der Waals surface area contributed by atoms with Gasteiger partial charge < -0.3 is 5.32 Å². The van der Waals surface area contributed by atoms with E-state index in [9.17, 15) is 4.79 Å². The lowest BCUT2D eigenvalue weighted by atomic mass is 9.99. The molecule has 1 unspecified atom stereocenters. The minimum atomic E-state index is -0.182. The van der Waals surface area contributed by atoms with Crippen molar-refractivity contribution in [1.29, 1.82) is 0 Å². The molecule has 88 valence electrons. The van der Waals surface area contributed by atoms with Crippen LogP contribution in [-0.2, 0) is 4.79 Å². The van der Waals surface area contributed by atoms with Gasteiger partial charge in [0, 0.05) is 6.07 Å². The maximum Gasteiger partial charge on any atom is 0.232 e. The third-order valence-corrected chi connectivity index (χ3v) is 2.69. The number of aryl methyl sites for hydroxylation is 1. The highest BCUT2D eigenvalue weighted by molar-refractivity contribution is 5.94. The van der Waals surface area contributed by atoms with Crippen molar-refractivity contribution in [1.82, 2.24) is 10.2 Å². The van der Waals surface area contributed by atoms with E-state index < -0.39 is 0 Å². The molecule has 4 nitrogen and oxygen atoms in total. The number of anilines is 1. The van der Waals surface area contributed by atoms with Gasteiger partial charge in [-0.15, -0.1) is 0 Å². The van der Waals surface area contributed by atoms with Gasteiger partial charge in [-0.2, -0.15) is 5.10 Å². The lowest BCUT2D eigenvalue weighted by molar-refractivity contribution is -0.117. The summed E-state index contributed by atoms with van der Waals surface area (Å²) in [5.74, 6) is 0.396. The zero-order valence-electron chi connectivity index (χ0n) is 9.90. The third kappa shape index (κ3) is 2.72. The Bertz CT molecular complexity index is 505. The second-order valence-electron chi connectivity index (χ2n) is 4.10. The van der Waals surface area contributed by atoms with E-state index in [2.05, 4.69) is 15.5 Å². The second-order valence-corrected chi connectivity index (χ2v) is 4.10. The van der Waals surface area contributed by atoms with Crippen LogP contribution in [0, 0.1) is 6.92 Å². The van der Waals surface area contributed by atoms with Crippen LogP contribution in [0.25, 0.3) is 0 Å². The number of H-pyrrole nitrogens is 1. The first kappa shape index (κ1) is 11.4. The molecule has 4 heteroatoms. The monoisotopic (exact) mass is 229 g/mol. The van der Waals surface area contributed by atoms with Crippen molar-refractivity contribution in [3.63, 3.8) is 0 Å². The van der Waals surface area contributed by atoms with Gasteiger partial charge >= 0.3 is 0 Å². The average Bonchev–Trinajstić information content (AvgIpc) is 2.80. The number of carbonyl (C=O) groups is 1. The molecule has 1 amide bonds. The fraction of sp³-hybridized carbons (Fsp3) is 0.231. The zero-order valence-corrected chi connectivity index (χ0v) is 9.90. The van der Waals surface area contributed by atoms with E-state index >= 15 is 0 Å². The summed E-state index contributed by atoms with van der Waals surface area (Å²) >= 11 is 0. The Morgan fingerprint density at radius 2 is 2.24 bits per heavy atom. The molecular formula is C13H15N3O. The molecule has 0 radical (unpaired) electrons. The fourth-order valence-electron chi connectivity index (χ4n) is 1.66. The van der Waals surface area contributed by atoms with E-state index in [1.54, 1.807) is 12.3 Å². The summed E-state index contributed by atoms with van der Waals surface area (Å²) in [6.45, 7) is 3.91. The first-order valence-electron chi connectivity index (χ1n) is 5.53. The normalized spacial score (nSPS) is 12.1. The minimum Gasteiger partial charge on any atom is -0.311 e. The van der Waals surface area contributed by atoms with Gasteiger partial charge in [0.05, 0.1) is 12.1 Å². The summed E-state index contributed by atoms with van der Waals surface area (Å²) in [4.78, 5) is 12.0. The van der Waals surface area contributed by atoms with Crippen LogP contribution < -0.4 is 5.32 Å². The summed E-state index contributed by atoms with van der Waals surface area (Å²) in [6, 6.07) is 9.69. The van der Waals surface area contributed by atoms with Crippen molar-refractivity contribution in [2.24, 2.45) is 0 Å². The second kappa shape index (κ2) is 4.82. The van der Waals surface area contributed by atoms with E-state index in [0.717, 1.165) is 11.1 Å². The van der Waals surface area contributed by atoms with Crippen molar-refractivity contribution in [3.05, 3.63) is 47.7 Å². The number of amides is 1. The highest BCUT2D eigenvalue weighted by Crippen LogP contribution is 2.18. The summed E-state index contributed by atoms with van der Waals surface area (Å²) in [7, 11) is 0.